The van der Waals surface area contributed by atoms with Crippen LogP contribution in [-0.4, -0.2) is 71.8 Å². The number of likely N-dealkylation sites (tertiary alicyclic amines) is 1. The molecule has 1 aromatic rings. The van der Waals surface area contributed by atoms with Crippen LogP contribution < -0.4 is 0 Å². The summed E-state index contributed by atoms with van der Waals surface area (Å²) in [5, 5.41) is 0.688. The normalized spacial score (nSPS) is 24.3. The maximum Gasteiger partial charge on any atom is 0.240 e. The minimum absolute atomic E-state index is 0.0232. The minimum atomic E-state index is 0.0232. The highest BCUT2D eigenvalue weighted by Gasteiger charge is 2.38. The van der Waals surface area contributed by atoms with Gasteiger partial charge in [-0.1, -0.05) is 23.7 Å². The highest BCUT2D eigenvalue weighted by Crippen LogP contribution is 2.31. The summed E-state index contributed by atoms with van der Waals surface area (Å²) in [4.78, 5) is 31.8. The Bertz CT molecular complexity index is 689. The average molecular weight is 390 g/mol. The van der Waals surface area contributed by atoms with Gasteiger partial charge >= 0.3 is 0 Å². The van der Waals surface area contributed by atoms with Gasteiger partial charge in [0.05, 0.1) is 12.5 Å². The quantitative estimate of drug-likeness (QED) is 0.776. The van der Waals surface area contributed by atoms with Crippen LogP contribution in [0.1, 0.15) is 31.2 Å². The third-order valence-electron chi connectivity index (χ3n) is 6.04. The Hall–Kier alpha value is -1.59. The lowest BCUT2D eigenvalue weighted by atomic mass is 10.1. The number of benzene rings is 1. The Kier molecular flexibility index (Phi) is 5.69. The van der Waals surface area contributed by atoms with Gasteiger partial charge in [-0.15, -0.1) is 0 Å². The van der Waals surface area contributed by atoms with E-state index in [4.69, 9.17) is 11.6 Å². The molecule has 2 aliphatic heterocycles. The Morgan fingerprint density at radius 2 is 1.78 bits per heavy atom. The van der Waals surface area contributed by atoms with Crippen LogP contribution in [0.3, 0.4) is 0 Å². The number of carbonyl (C=O) groups excluding carboxylic acids is 2. The summed E-state index contributed by atoms with van der Waals surface area (Å²) in [6, 6.07) is 7.50. The molecule has 3 aliphatic rings. The van der Waals surface area contributed by atoms with E-state index in [0.717, 1.165) is 57.0 Å². The molecule has 4 rings (SSSR count). The predicted molar refractivity (Wildman–Crippen MR) is 106 cm³/mol. The Morgan fingerprint density at radius 3 is 2.52 bits per heavy atom. The summed E-state index contributed by atoms with van der Waals surface area (Å²) in [7, 11) is 0. The molecule has 1 aromatic carbocycles. The van der Waals surface area contributed by atoms with Crippen molar-refractivity contribution in [2.24, 2.45) is 5.92 Å². The van der Waals surface area contributed by atoms with Crippen LogP contribution in [-0.2, 0) is 16.0 Å². The maximum atomic E-state index is 12.8. The molecule has 0 spiro atoms. The molecule has 2 amide bonds. The van der Waals surface area contributed by atoms with E-state index >= 15 is 0 Å². The smallest absolute Gasteiger partial charge is 0.240 e. The van der Waals surface area contributed by atoms with Crippen LogP contribution >= 0.6 is 11.6 Å². The van der Waals surface area contributed by atoms with Crippen molar-refractivity contribution in [3.05, 3.63) is 34.9 Å². The average Bonchev–Trinajstić information content (AvgIpc) is 3.44. The Balaban J connectivity index is 1.30. The van der Waals surface area contributed by atoms with E-state index < -0.39 is 0 Å². The molecule has 0 N–H and O–H groups in total. The molecular weight excluding hydrogens is 362 g/mol. The molecule has 146 valence electrons. The topological polar surface area (TPSA) is 43.9 Å². The van der Waals surface area contributed by atoms with E-state index in [1.807, 2.05) is 29.2 Å². The number of halogens is 1. The molecule has 1 atom stereocenters. The molecule has 0 aromatic heterocycles. The molecule has 6 heteroatoms. The first-order valence-electron chi connectivity index (χ1n) is 10.2. The second kappa shape index (κ2) is 8.19. The highest BCUT2D eigenvalue weighted by molar-refractivity contribution is 6.30. The Morgan fingerprint density at radius 1 is 1.00 bits per heavy atom. The third-order valence-corrected chi connectivity index (χ3v) is 6.29. The molecule has 27 heavy (non-hydrogen) atoms. The summed E-state index contributed by atoms with van der Waals surface area (Å²) in [5.41, 5.74) is 0.993. The third kappa shape index (κ3) is 4.64. The largest absolute Gasteiger partial charge is 0.341 e. The monoisotopic (exact) mass is 389 g/mol. The second-order valence-corrected chi connectivity index (χ2v) is 8.54. The molecule has 5 nitrogen and oxygen atoms in total. The molecule has 1 unspecified atom stereocenters. The number of amides is 2. The fourth-order valence-electron chi connectivity index (χ4n) is 4.24. The van der Waals surface area contributed by atoms with Gasteiger partial charge < -0.3 is 9.80 Å². The summed E-state index contributed by atoms with van der Waals surface area (Å²) in [5.74, 6) is 1.22. The first-order valence-corrected chi connectivity index (χ1v) is 10.5. The van der Waals surface area contributed by atoms with Gasteiger partial charge in [-0.05, 0) is 49.3 Å². The molecule has 1 saturated carbocycles. The van der Waals surface area contributed by atoms with E-state index in [1.54, 1.807) is 0 Å². The van der Waals surface area contributed by atoms with Gasteiger partial charge in [0, 0.05) is 44.3 Å². The summed E-state index contributed by atoms with van der Waals surface area (Å²) >= 11 is 5.92. The molecular formula is C21H28ClN3O2. The predicted octanol–water partition coefficient (Wildman–Crippen LogP) is 2.43. The standard InChI is InChI=1S/C21H28ClN3O2/c22-18-6-4-16(5-7-18)14-20(26)24-10-1-9-23(12-13-24)19-8-11-25(21(19)27)15-17-2-3-17/h4-7,17,19H,1-3,8-15H2. The SMILES string of the molecule is O=C(Cc1ccc(Cl)cc1)N1CCCN(C2CCN(CC3CC3)C2=O)CC1. The van der Waals surface area contributed by atoms with Gasteiger partial charge in [0.25, 0.3) is 0 Å². The van der Waals surface area contributed by atoms with Gasteiger partial charge in [-0.25, -0.2) is 0 Å². The van der Waals surface area contributed by atoms with E-state index in [2.05, 4.69) is 9.80 Å². The maximum absolute atomic E-state index is 12.8. The van der Waals surface area contributed by atoms with Crippen molar-refractivity contribution in [2.75, 3.05) is 39.3 Å². The fourth-order valence-corrected chi connectivity index (χ4v) is 4.37. The van der Waals surface area contributed by atoms with Gasteiger partial charge in [0.1, 0.15) is 0 Å². The number of hydrogen-bond acceptors (Lipinski definition) is 3. The van der Waals surface area contributed by atoms with Crippen molar-refractivity contribution < 1.29 is 9.59 Å². The van der Waals surface area contributed by atoms with Crippen LogP contribution in [0.15, 0.2) is 24.3 Å². The molecule has 2 heterocycles. The zero-order valence-electron chi connectivity index (χ0n) is 15.8. The first-order chi connectivity index (χ1) is 13.1. The molecule has 0 bridgehead atoms. The number of nitrogens with zero attached hydrogens (tertiary/aromatic N) is 3. The van der Waals surface area contributed by atoms with Gasteiger partial charge in [0.15, 0.2) is 0 Å². The number of rotatable bonds is 5. The van der Waals surface area contributed by atoms with Crippen molar-refractivity contribution >= 4 is 23.4 Å². The van der Waals surface area contributed by atoms with Crippen molar-refractivity contribution in [3.8, 4) is 0 Å². The zero-order chi connectivity index (χ0) is 18.8. The molecule has 1 aliphatic carbocycles. The van der Waals surface area contributed by atoms with Crippen molar-refractivity contribution in [1.29, 1.82) is 0 Å². The molecule has 0 radical (unpaired) electrons. The van der Waals surface area contributed by atoms with Crippen LogP contribution in [0.25, 0.3) is 0 Å². The first kappa shape index (κ1) is 18.8. The van der Waals surface area contributed by atoms with E-state index in [-0.39, 0.29) is 11.9 Å². The van der Waals surface area contributed by atoms with Crippen LogP contribution in [0.4, 0.5) is 0 Å². The van der Waals surface area contributed by atoms with Gasteiger partial charge in [0.2, 0.25) is 11.8 Å². The summed E-state index contributed by atoms with van der Waals surface area (Å²) in [6.07, 6.45) is 4.84. The van der Waals surface area contributed by atoms with Crippen LogP contribution in [0, 0.1) is 5.92 Å². The van der Waals surface area contributed by atoms with Gasteiger partial charge in [-0.2, -0.15) is 0 Å². The lowest BCUT2D eigenvalue weighted by molar-refractivity contribution is -0.132. The molecule has 2 saturated heterocycles. The summed E-state index contributed by atoms with van der Waals surface area (Å²) < 4.78 is 0. The van der Waals surface area contributed by atoms with Crippen molar-refractivity contribution in [1.82, 2.24) is 14.7 Å². The number of hydrogen-bond donors (Lipinski definition) is 0. The second-order valence-electron chi connectivity index (χ2n) is 8.11. The zero-order valence-corrected chi connectivity index (χ0v) is 16.5. The van der Waals surface area contributed by atoms with Crippen LogP contribution in [0.5, 0.6) is 0 Å². The summed E-state index contributed by atoms with van der Waals surface area (Å²) in [6.45, 7) is 5.03. The lowest BCUT2D eigenvalue weighted by Gasteiger charge is -2.26. The lowest BCUT2D eigenvalue weighted by Crippen LogP contribution is -2.44. The van der Waals surface area contributed by atoms with E-state index in [1.165, 1.54) is 12.8 Å². The molecule has 3 fully saturated rings. The van der Waals surface area contributed by atoms with E-state index in [9.17, 15) is 9.59 Å². The highest BCUT2D eigenvalue weighted by atomic mass is 35.5. The van der Waals surface area contributed by atoms with Crippen molar-refractivity contribution in [3.63, 3.8) is 0 Å². The fraction of sp³-hybridized carbons (Fsp3) is 0.619. The van der Waals surface area contributed by atoms with Gasteiger partial charge in [-0.3, -0.25) is 14.5 Å². The Labute approximate surface area is 166 Å². The number of carbonyl (C=O) groups is 2. The van der Waals surface area contributed by atoms with Crippen LogP contribution in [0.2, 0.25) is 5.02 Å². The van der Waals surface area contributed by atoms with E-state index in [0.29, 0.717) is 23.9 Å². The minimum Gasteiger partial charge on any atom is -0.341 e. The van der Waals surface area contributed by atoms with Crippen molar-refractivity contribution in [2.45, 2.75) is 38.1 Å².